The minimum Gasteiger partial charge on any atom is -0.396 e. The van der Waals surface area contributed by atoms with Gasteiger partial charge in [-0.2, -0.15) is 0 Å². The number of aliphatic hydroxyl groups is 1. The lowest BCUT2D eigenvalue weighted by Gasteiger charge is -2.23. The Hall–Kier alpha value is -1.30. The number of urea groups is 1. The van der Waals surface area contributed by atoms with Crippen LogP contribution in [-0.2, 0) is 4.74 Å². The number of nitrogens with one attached hydrogen (secondary N) is 2. The number of halogens is 1. The number of amides is 2. The largest absolute Gasteiger partial charge is 0.396 e. The smallest absolute Gasteiger partial charge is 0.315 e. The molecule has 6 heteroatoms. The van der Waals surface area contributed by atoms with Crippen LogP contribution in [0.2, 0.25) is 5.02 Å². The molecule has 0 radical (unpaired) electrons. The summed E-state index contributed by atoms with van der Waals surface area (Å²) >= 11 is 5.97. The third kappa shape index (κ3) is 6.22. The molecule has 22 heavy (non-hydrogen) atoms. The fourth-order valence-corrected chi connectivity index (χ4v) is 2.36. The summed E-state index contributed by atoms with van der Waals surface area (Å²) in [4.78, 5) is 12.0. The molecule has 0 bridgehead atoms. The van der Waals surface area contributed by atoms with Crippen molar-refractivity contribution in [3.05, 3.63) is 34.9 Å². The molecule has 0 saturated heterocycles. The molecule has 2 amide bonds. The summed E-state index contributed by atoms with van der Waals surface area (Å²) in [5.74, 6) is 0.254. The summed E-state index contributed by atoms with van der Waals surface area (Å²) < 4.78 is 5.40. The second-order valence-corrected chi connectivity index (χ2v) is 5.93. The first-order valence-corrected chi connectivity index (χ1v) is 7.79. The van der Waals surface area contributed by atoms with Gasteiger partial charge in [0.1, 0.15) is 0 Å². The molecule has 5 nitrogen and oxygen atoms in total. The molecule has 1 rings (SSSR count). The van der Waals surface area contributed by atoms with Gasteiger partial charge in [0.2, 0.25) is 0 Å². The Morgan fingerprint density at radius 1 is 1.41 bits per heavy atom. The molecule has 2 unspecified atom stereocenters. The van der Waals surface area contributed by atoms with Crippen molar-refractivity contribution in [2.75, 3.05) is 20.3 Å². The van der Waals surface area contributed by atoms with Crippen LogP contribution < -0.4 is 10.6 Å². The highest BCUT2D eigenvalue weighted by molar-refractivity contribution is 6.30. The number of hydrogen-bond acceptors (Lipinski definition) is 3. The van der Waals surface area contributed by atoms with E-state index in [1.807, 2.05) is 32.0 Å². The predicted molar refractivity (Wildman–Crippen MR) is 88.1 cm³/mol. The van der Waals surface area contributed by atoms with Crippen LogP contribution >= 0.6 is 11.6 Å². The molecule has 124 valence electrons. The Kier molecular flexibility index (Phi) is 8.24. The third-order valence-corrected chi connectivity index (χ3v) is 3.75. The van der Waals surface area contributed by atoms with Crippen LogP contribution in [-0.4, -0.2) is 37.4 Å². The summed E-state index contributed by atoms with van der Waals surface area (Å²) in [7, 11) is 1.59. The van der Waals surface area contributed by atoms with Gasteiger partial charge in [0.25, 0.3) is 0 Å². The van der Waals surface area contributed by atoms with E-state index in [9.17, 15) is 4.79 Å². The minimum atomic E-state index is -0.267. The molecule has 0 aliphatic carbocycles. The first-order valence-electron chi connectivity index (χ1n) is 7.41. The fraction of sp³-hybridized carbons (Fsp3) is 0.562. The van der Waals surface area contributed by atoms with Crippen LogP contribution in [0.3, 0.4) is 0 Å². The van der Waals surface area contributed by atoms with Crippen LogP contribution in [0.25, 0.3) is 0 Å². The van der Waals surface area contributed by atoms with Crippen molar-refractivity contribution in [1.29, 1.82) is 0 Å². The van der Waals surface area contributed by atoms with E-state index >= 15 is 0 Å². The molecular weight excluding hydrogens is 304 g/mol. The van der Waals surface area contributed by atoms with Crippen molar-refractivity contribution in [2.45, 2.75) is 32.4 Å². The van der Waals surface area contributed by atoms with E-state index in [0.29, 0.717) is 18.0 Å². The maximum absolute atomic E-state index is 12.0. The zero-order chi connectivity index (χ0) is 16.5. The molecule has 1 aromatic rings. The number of aliphatic hydroxyl groups excluding tert-OH is 1. The quantitative estimate of drug-likeness (QED) is 0.687. The average molecular weight is 329 g/mol. The number of hydrogen-bond donors (Lipinski definition) is 3. The zero-order valence-electron chi connectivity index (χ0n) is 13.3. The highest BCUT2D eigenvalue weighted by atomic mass is 35.5. The van der Waals surface area contributed by atoms with Gasteiger partial charge < -0.3 is 20.5 Å². The summed E-state index contributed by atoms with van der Waals surface area (Å²) in [5, 5.41) is 15.3. The van der Waals surface area contributed by atoms with Gasteiger partial charge in [0.05, 0.1) is 6.10 Å². The molecule has 1 aromatic carbocycles. The fourth-order valence-electron chi connectivity index (χ4n) is 2.16. The standard InChI is InChI=1S/C16H25ClN2O3/c1-11(2)14(7-8-20)19-16(21)18-10-15(22-3)12-5-4-6-13(17)9-12/h4-6,9,11,14-15,20H,7-8,10H2,1-3H3,(H2,18,19,21). The summed E-state index contributed by atoms with van der Waals surface area (Å²) in [6.07, 6.45) is 0.271. The van der Waals surface area contributed by atoms with Crippen molar-refractivity contribution in [3.63, 3.8) is 0 Å². The maximum atomic E-state index is 12.0. The number of rotatable bonds is 8. The number of benzene rings is 1. The van der Waals surface area contributed by atoms with E-state index in [-0.39, 0.29) is 30.7 Å². The Morgan fingerprint density at radius 2 is 2.14 bits per heavy atom. The number of carbonyl (C=O) groups excluding carboxylic acids is 1. The van der Waals surface area contributed by atoms with Gasteiger partial charge in [-0.15, -0.1) is 0 Å². The monoisotopic (exact) mass is 328 g/mol. The molecule has 0 spiro atoms. The first kappa shape index (κ1) is 18.7. The van der Waals surface area contributed by atoms with Gasteiger partial charge in [-0.1, -0.05) is 37.6 Å². The van der Waals surface area contributed by atoms with Crippen molar-refractivity contribution < 1.29 is 14.6 Å². The van der Waals surface area contributed by atoms with E-state index in [0.717, 1.165) is 5.56 Å². The molecule has 0 aliphatic rings. The predicted octanol–water partition coefficient (Wildman–Crippen LogP) is 2.73. The average Bonchev–Trinajstić information content (AvgIpc) is 2.47. The van der Waals surface area contributed by atoms with Crippen molar-refractivity contribution in [1.82, 2.24) is 10.6 Å². The van der Waals surface area contributed by atoms with Gasteiger partial charge in [-0.05, 0) is 30.0 Å². The molecule has 0 saturated carbocycles. The van der Waals surface area contributed by atoms with E-state index in [1.54, 1.807) is 13.2 Å². The van der Waals surface area contributed by atoms with Crippen LogP contribution in [0.4, 0.5) is 4.79 Å². The second-order valence-electron chi connectivity index (χ2n) is 5.50. The zero-order valence-corrected chi connectivity index (χ0v) is 14.1. The SMILES string of the molecule is COC(CNC(=O)NC(CCO)C(C)C)c1cccc(Cl)c1. The molecule has 0 fully saturated rings. The number of carbonyl (C=O) groups is 1. The molecular formula is C16H25ClN2O3. The van der Waals surface area contributed by atoms with Crippen LogP contribution in [0.1, 0.15) is 31.9 Å². The van der Waals surface area contributed by atoms with Crippen molar-refractivity contribution >= 4 is 17.6 Å². The summed E-state index contributed by atoms with van der Waals surface area (Å²) in [6.45, 7) is 4.40. The first-order chi connectivity index (χ1) is 10.5. The molecule has 0 aromatic heterocycles. The Morgan fingerprint density at radius 3 is 2.68 bits per heavy atom. The maximum Gasteiger partial charge on any atom is 0.315 e. The number of methoxy groups -OCH3 is 1. The van der Waals surface area contributed by atoms with Crippen molar-refractivity contribution in [2.24, 2.45) is 5.92 Å². The minimum absolute atomic E-state index is 0.0480. The third-order valence-electron chi connectivity index (χ3n) is 3.51. The van der Waals surface area contributed by atoms with E-state index < -0.39 is 0 Å². The summed E-state index contributed by atoms with van der Waals surface area (Å²) in [5.41, 5.74) is 0.908. The molecule has 3 N–H and O–H groups in total. The van der Waals surface area contributed by atoms with E-state index in [2.05, 4.69) is 10.6 Å². The molecule has 0 aliphatic heterocycles. The topological polar surface area (TPSA) is 70.6 Å². The lowest BCUT2D eigenvalue weighted by atomic mass is 10.0. The number of ether oxygens (including phenoxy) is 1. The van der Waals surface area contributed by atoms with Gasteiger partial charge in [0.15, 0.2) is 0 Å². The van der Waals surface area contributed by atoms with Crippen LogP contribution in [0, 0.1) is 5.92 Å². The normalized spacial score (nSPS) is 13.7. The molecule has 2 atom stereocenters. The Labute approximate surface area is 137 Å². The van der Waals surface area contributed by atoms with E-state index in [4.69, 9.17) is 21.4 Å². The van der Waals surface area contributed by atoms with E-state index in [1.165, 1.54) is 0 Å². The van der Waals surface area contributed by atoms with Crippen molar-refractivity contribution in [3.8, 4) is 0 Å². The lowest BCUT2D eigenvalue weighted by molar-refractivity contribution is 0.103. The van der Waals surface area contributed by atoms with Crippen LogP contribution in [0.15, 0.2) is 24.3 Å². The molecule has 0 heterocycles. The van der Waals surface area contributed by atoms with Gasteiger partial charge in [-0.3, -0.25) is 0 Å². The Balaban J connectivity index is 2.53. The van der Waals surface area contributed by atoms with Gasteiger partial charge in [0, 0.05) is 31.3 Å². The second kappa shape index (κ2) is 9.66. The van der Waals surface area contributed by atoms with Gasteiger partial charge in [-0.25, -0.2) is 4.79 Å². The highest BCUT2D eigenvalue weighted by Gasteiger charge is 2.17. The lowest BCUT2D eigenvalue weighted by Crippen LogP contribution is -2.46. The van der Waals surface area contributed by atoms with Gasteiger partial charge >= 0.3 is 6.03 Å². The van der Waals surface area contributed by atoms with Crippen LogP contribution in [0.5, 0.6) is 0 Å². The Bertz CT molecular complexity index is 468. The summed E-state index contributed by atoms with van der Waals surface area (Å²) in [6, 6.07) is 7.04. The highest BCUT2D eigenvalue weighted by Crippen LogP contribution is 2.19.